The Morgan fingerprint density at radius 1 is 1.40 bits per heavy atom. The summed E-state index contributed by atoms with van der Waals surface area (Å²) in [7, 11) is 0. The van der Waals surface area contributed by atoms with Gasteiger partial charge in [0.1, 0.15) is 6.61 Å². The highest BCUT2D eigenvalue weighted by Gasteiger charge is 2.19. The Morgan fingerprint density at radius 3 is 2.90 bits per heavy atom. The van der Waals surface area contributed by atoms with E-state index >= 15 is 0 Å². The van der Waals surface area contributed by atoms with Crippen molar-refractivity contribution in [1.29, 1.82) is 0 Å². The highest BCUT2D eigenvalue weighted by molar-refractivity contribution is 5.76. The number of benzene rings is 1. The number of aliphatic hydroxyl groups excluding tert-OH is 1. The van der Waals surface area contributed by atoms with E-state index in [0.717, 1.165) is 0 Å². The molecule has 1 aliphatic rings. The smallest absolute Gasteiger partial charge is 0.317 e. The first-order valence-corrected chi connectivity index (χ1v) is 6.77. The summed E-state index contributed by atoms with van der Waals surface area (Å²) >= 11 is 0. The summed E-state index contributed by atoms with van der Waals surface area (Å²) < 4.78 is 11.2. The van der Waals surface area contributed by atoms with Crippen molar-refractivity contribution in [3.8, 4) is 11.5 Å². The van der Waals surface area contributed by atoms with E-state index in [2.05, 4.69) is 5.32 Å². The van der Waals surface area contributed by atoms with E-state index in [1.165, 1.54) is 0 Å². The van der Waals surface area contributed by atoms with Crippen LogP contribution in [0.15, 0.2) is 18.2 Å². The van der Waals surface area contributed by atoms with Gasteiger partial charge in [-0.2, -0.15) is 0 Å². The second kappa shape index (κ2) is 7.00. The van der Waals surface area contributed by atoms with E-state index in [9.17, 15) is 9.90 Å². The summed E-state index contributed by atoms with van der Waals surface area (Å²) in [5.74, 6) is 1.17. The highest BCUT2D eigenvalue weighted by atomic mass is 16.5. The van der Waals surface area contributed by atoms with Crippen molar-refractivity contribution in [1.82, 2.24) is 10.2 Å². The molecule has 2 N–H and O–H groups in total. The predicted molar refractivity (Wildman–Crippen MR) is 74.0 cm³/mol. The maximum Gasteiger partial charge on any atom is 0.317 e. The van der Waals surface area contributed by atoms with Gasteiger partial charge in [-0.1, -0.05) is 12.1 Å². The number of carbonyl (C=O) groups is 1. The normalized spacial score (nSPS) is 14.3. The monoisotopic (exact) mass is 280 g/mol. The fourth-order valence-electron chi connectivity index (χ4n) is 2.10. The molecular weight excluding hydrogens is 260 g/mol. The molecule has 20 heavy (non-hydrogen) atoms. The first-order chi connectivity index (χ1) is 9.76. The molecule has 0 atom stereocenters. The first kappa shape index (κ1) is 14.5. The lowest BCUT2D eigenvalue weighted by Crippen LogP contribution is -2.32. The van der Waals surface area contributed by atoms with Crippen LogP contribution < -0.4 is 14.8 Å². The Labute approximate surface area is 118 Å². The zero-order valence-electron chi connectivity index (χ0n) is 11.6. The fourth-order valence-corrected chi connectivity index (χ4v) is 2.10. The Kier molecular flexibility index (Phi) is 5.06. The van der Waals surface area contributed by atoms with Crippen LogP contribution in [-0.4, -0.2) is 48.9 Å². The third kappa shape index (κ3) is 3.33. The summed E-state index contributed by atoms with van der Waals surface area (Å²) in [6.07, 6.45) is 0. The topological polar surface area (TPSA) is 71.0 Å². The molecule has 0 spiro atoms. The van der Waals surface area contributed by atoms with Crippen molar-refractivity contribution in [3.63, 3.8) is 0 Å². The summed E-state index contributed by atoms with van der Waals surface area (Å²) in [4.78, 5) is 13.1. The zero-order valence-corrected chi connectivity index (χ0v) is 11.6. The van der Waals surface area contributed by atoms with E-state index in [-0.39, 0.29) is 12.6 Å². The molecule has 0 aliphatic carbocycles. The van der Waals surface area contributed by atoms with Gasteiger partial charge in [0, 0.05) is 18.7 Å². The van der Waals surface area contributed by atoms with Gasteiger partial charge < -0.3 is 24.8 Å². The van der Waals surface area contributed by atoms with Crippen LogP contribution in [-0.2, 0) is 6.61 Å². The number of para-hydroxylation sites is 1. The second-order valence-electron chi connectivity index (χ2n) is 4.40. The number of urea groups is 1. The minimum atomic E-state index is -0.111. The molecule has 0 aromatic heterocycles. The molecule has 6 nitrogen and oxygen atoms in total. The van der Waals surface area contributed by atoms with Crippen LogP contribution in [0.25, 0.3) is 0 Å². The summed E-state index contributed by atoms with van der Waals surface area (Å²) in [6.45, 7) is 4.56. The maximum absolute atomic E-state index is 11.4. The second-order valence-corrected chi connectivity index (χ2v) is 4.40. The van der Waals surface area contributed by atoms with Gasteiger partial charge in [-0.05, 0) is 13.0 Å². The molecule has 0 radical (unpaired) electrons. The van der Waals surface area contributed by atoms with Crippen molar-refractivity contribution in [2.24, 2.45) is 0 Å². The minimum Gasteiger partial charge on any atom is -0.490 e. The van der Waals surface area contributed by atoms with Gasteiger partial charge in [-0.15, -0.1) is 0 Å². The van der Waals surface area contributed by atoms with Gasteiger partial charge in [-0.3, -0.25) is 0 Å². The van der Waals surface area contributed by atoms with Crippen LogP contribution in [0.2, 0.25) is 0 Å². The van der Waals surface area contributed by atoms with Gasteiger partial charge in [0.15, 0.2) is 11.5 Å². The van der Waals surface area contributed by atoms with Gasteiger partial charge >= 0.3 is 6.03 Å². The van der Waals surface area contributed by atoms with Gasteiger partial charge in [-0.25, -0.2) is 4.79 Å². The molecule has 1 fully saturated rings. The molecule has 1 saturated heterocycles. The number of amides is 2. The van der Waals surface area contributed by atoms with Gasteiger partial charge in [0.25, 0.3) is 0 Å². The number of rotatable bonds is 7. The number of aliphatic hydroxyl groups is 1. The van der Waals surface area contributed by atoms with Crippen LogP contribution >= 0.6 is 0 Å². The molecule has 2 amide bonds. The molecule has 110 valence electrons. The van der Waals surface area contributed by atoms with E-state index in [1.54, 1.807) is 17.0 Å². The SMILES string of the molecule is CCOc1cccc(CO)c1OCCN1CCNC1=O. The van der Waals surface area contributed by atoms with Crippen LogP contribution in [0.5, 0.6) is 11.5 Å². The quantitative estimate of drug-likeness (QED) is 0.781. The molecule has 1 heterocycles. The third-order valence-corrected chi connectivity index (χ3v) is 3.08. The first-order valence-electron chi connectivity index (χ1n) is 6.77. The molecule has 6 heteroatoms. The molecule has 1 aliphatic heterocycles. The lowest BCUT2D eigenvalue weighted by molar-refractivity contribution is 0.197. The van der Waals surface area contributed by atoms with Crippen molar-refractivity contribution >= 4 is 6.03 Å². The fraction of sp³-hybridized carbons (Fsp3) is 0.500. The van der Waals surface area contributed by atoms with Crippen LogP contribution in [0, 0.1) is 0 Å². The Bertz CT molecular complexity index is 464. The molecule has 0 bridgehead atoms. The minimum absolute atomic E-state index is 0.0610. The molecule has 0 saturated carbocycles. The Hall–Kier alpha value is -1.95. The Balaban J connectivity index is 1.98. The average molecular weight is 280 g/mol. The van der Waals surface area contributed by atoms with Gasteiger partial charge in [0.05, 0.1) is 19.8 Å². The summed E-state index contributed by atoms with van der Waals surface area (Å²) in [6, 6.07) is 5.35. The molecule has 2 rings (SSSR count). The number of hydrogen-bond donors (Lipinski definition) is 2. The molecular formula is C14H20N2O4. The number of carbonyl (C=O) groups excluding carboxylic acids is 1. The maximum atomic E-state index is 11.4. The highest BCUT2D eigenvalue weighted by Crippen LogP contribution is 2.31. The zero-order chi connectivity index (χ0) is 14.4. The van der Waals surface area contributed by atoms with Crippen LogP contribution in [0.4, 0.5) is 4.79 Å². The van der Waals surface area contributed by atoms with Crippen LogP contribution in [0.1, 0.15) is 12.5 Å². The number of nitrogens with zero attached hydrogens (tertiary/aromatic N) is 1. The Morgan fingerprint density at radius 2 is 2.25 bits per heavy atom. The van der Waals surface area contributed by atoms with Crippen molar-refractivity contribution < 1.29 is 19.4 Å². The summed E-state index contributed by atoms with van der Waals surface area (Å²) in [5.41, 5.74) is 0.682. The molecule has 1 aromatic rings. The van der Waals surface area contributed by atoms with Gasteiger partial charge in [0.2, 0.25) is 0 Å². The van der Waals surface area contributed by atoms with E-state index in [4.69, 9.17) is 9.47 Å². The third-order valence-electron chi connectivity index (χ3n) is 3.08. The lowest BCUT2D eigenvalue weighted by atomic mass is 10.2. The number of nitrogens with one attached hydrogen (secondary N) is 1. The van der Waals surface area contributed by atoms with Crippen molar-refractivity contribution in [2.45, 2.75) is 13.5 Å². The summed E-state index contributed by atoms with van der Waals surface area (Å²) in [5, 5.41) is 12.1. The number of hydrogen-bond acceptors (Lipinski definition) is 4. The van der Waals surface area contributed by atoms with Crippen molar-refractivity contribution in [3.05, 3.63) is 23.8 Å². The standard InChI is InChI=1S/C14H20N2O4/c1-2-19-12-5-3-4-11(10-17)13(12)20-9-8-16-7-6-15-14(16)18/h3-5,17H,2,6-10H2,1H3,(H,15,18). The van der Waals surface area contributed by atoms with Crippen molar-refractivity contribution in [2.75, 3.05) is 32.8 Å². The predicted octanol–water partition coefficient (Wildman–Crippen LogP) is 0.982. The number of ether oxygens (including phenoxy) is 2. The average Bonchev–Trinajstić information content (AvgIpc) is 2.86. The largest absolute Gasteiger partial charge is 0.490 e. The molecule has 0 unspecified atom stereocenters. The van der Waals surface area contributed by atoms with E-state index in [0.29, 0.717) is 49.9 Å². The van der Waals surface area contributed by atoms with E-state index < -0.39 is 0 Å². The van der Waals surface area contributed by atoms with E-state index in [1.807, 2.05) is 13.0 Å². The molecule has 1 aromatic carbocycles. The lowest BCUT2D eigenvalue weighted by Gasteiger charge is -2.18. The van der Waals surface area contributed by atoms with Crippen LogP contribution in [0.3, 0.4) is 0 Å².